The summed E-state index contributed by atoms with van der Waals surface area (Å²) in [6, 6.07) is 0. The second-order valence-electron chi connectivity index (χ2n) is 20.5. The first kappa shape index (κ1) is 46.8. The number of hydrogen-bond donors (Lipinski definition) is 7. The zero-order chi connectivity index (χ0) is 44.5. The minimum Gasteiger partial charge on any atom is -0.479 e. The van der Waals surface area contributed by atoms with Crippen LogP contribution in [0.2, 0.25) is 0 Å². The molecule has 6 rings (SSSR count). The number of aliphatic hydroxyl groups is 6. The Morgan fingerprint density at radius 2 is 1.48 bits per heavy atom. The number of esters is 2. The van der Waals surface area contributed by atoms with Crippen LogP contribution < -0.4 is 0 Å². The van der Waals surface area contributed by atoms with E-state index < -0.39 is 89.1 Å². The lowest BCUT2D eigenvalue weighted by atomic mass is 9.36. The monoisotopic (exact) mass is 846 g/mol. The van der Waals surface area contributed by atoms with Crippen LogP contribution >= 0.6 is 0 Å². The predicted octanol–water partition coefficient (Wildman–Crippen LogP) is 3.63. The van der Waals surface area contributed by atoms with E-state index in [0.29, 0.717) is 30.4 Å². The van der Waals surface area contributed by atoms with Gasteiger partial charge in [-0.05, 0) is 107 Å². The third-order valence-corrected chi connectivity index (χ3v) is 17.0. The number of carboxylic acids is 1. The van der Waals surface area contributed by atoms with Crippen LogP contribution in [-0.4, -0.2) is 128 Å². The molecular formula is C46H70O14. The molecule has 0 aromatic carbocycles. The van der Waals surface area contributed by atoms with Gasteiger partial charge >= 0.3 is 17.9 Å². The molecule has 0 spiro atoms. The minimum absolute atomic E-state index is 0.00605. The minimum atomic E-state index is -1.80. The first-order valence-electron chi connectivity index (χ1n) is 21.8. The second-order valence-corrected chi connectivity index (χ2v) is 20.5. The molecule has 14 nitrogen and oxygen atoms in total. The number of carbonyl (C=O) groups is 3. The first-order chi connectivity index (χ1) is 28.0. The molecule has 4 saturated carbocycles. The number of hydrogen-bond acceptors (Lipinski definition) is 13. The molecular weight excluding hydrogens is 776 g/mol. The van der Waals surface area contributed by atoms with Gasteiger partial charge in [0.25, 0.3) is 0 Å². The lowest BCUT2D eigenvalue weighted by molar-refractivity contribution is -0.259. The molecule has 338 valence electrons. The summed E-state index contributed by atoms with van der Waals surface area (Å²) in [5.74, 6) is -2.85. The number of aliphatic hydroxyl groups excluding tert-OH is 6. The van der Waals surface area contributed by atoms with Crippen molar-refractivity contribution in [1.29, 1.82) is 0 Å². The Morgan fingerprint density at radius 1 is 0.850 bits per heavy atom. The van der Waals surface area contributed by atoms with Gasteiger partial charge in [-0.15, -0.1) is 0 Å². The predicted molar refractivity (Wildman–Crippen MR) is 218 cm³/mol. The van der Waals surface area contributed by atoms with Crippen molar-refractivity contribution in [2.24, 2.45) is 50.7 Å². The summed E-state index contributed by atoms with van der Waals surface area (Å²) in [4.78, 5) is 38.1. The van der Waals surface area contributed by atoms with E-state index in [1.54, 1.807) is 39.8 Å². The zero-order valence-corrected chi connectivity index (χ0v) is 36.8. The van der Waals surface area contributed by atoms with E-state index in [1.807, 2.05) is 20.8 Å². The normalized spacial score (nSPS) is 46.5. The summed E-state index contributed by atoms with van der Waals surface area (Å²) in [6.45, 7) is 16.7. The average molecular weight is 847 g/mol. The molecule has 1 heterocycles. The van der Waals surface area contributed by atoms with Crippen LogP contribution in [0.25, 0.3) is 0 Å². The Hall–Kier alpha value is -2.69. The van der Waals surface area contributed by atoms with Crippen molar-refractivity contribution in [2.45, 2.75) is 162 Å². The van der Waals surface area contributed by atoms with E-state index in [0.717, 1.165) is 31.3 Å². The number of aliphatic carboxylic acids is 1. The molecule has 1 aliphatic heterocycles. The van der Waals surface area contributed by atoms with Crippen LogP contribution in [0.15, 0.2) is 34.9 Å². The quantitative estimate of drug-likeness (QED) is 0.0947. The smallest absolute Gasteiger partial charge is 0.335 e. The van der Waals surface area contributed by atoms with Crippen LogP contribution in [-0.2, 0) is 33.3 Å². The number of allylic oxidation sites excluding steroid dienone is 4. The molecule has 1 saturated heterocycles. The van der Waals surface area contributed by atoms with Gasteiger partial charge in [0.1, 0.15) is 43.2 Å². The van der Waals surface area contributed by atoms with Crippen molar-refractivity contribution in [1.82, 2.24) is 0 Å². The first-order valence-corrected chi connectivity index (χ1v) is 21.8. The Kier molecular flexibility index (Phi) is 13.1. The molecule has 0 aromatic heterocycles. The molecule has 0 bridgehead atoms. The number of rotatable bonds is 10. The van der Waals surface area contributed by atoms with Gasteiger partial charge in [0.15, 0.2) is 6.10 Å². The van der Waals surface area contributed by atoms with Gasteiger partial charge in [0, 0.05) is 22.0 Å². The van der Waals surface area contributed by atoms with Gasteiger partial charge in [0.2, 0.25) is 0 Å². The number of carbonyl (C=O) groups excluding carboxylic acids is 2. The molecule has 6 aliphatic rings. The Labute approximate surface area is 354 Å². The van der Waals surface area contributed by atoms with Crippen LogP contribution in [0.5, 0.6) is 0 Å². The lowest BCUT2D eigenvalue weighted by Gasteiger charge is -2.69. The zero-order valence-electron chi connectivity index (χ0n) is 36.8. The number of carboxylic acid groups (broad SMARTS) is 1. The summed E-state index contributed by atoms with van der Waals surface area (Å²) in [6.07, 6.45) is -2.00. The van der Waals surface area contributed by atoms with Crippen LogP contribution in [0.1, 0.15) is 107 Å². The second kappa shape index (κ2) is 16.8. The van der Waals surface area contributed by atoms with E-state index in [4.69, 9.17) is 18.9 Å². The maximum atomic E-state index is 13.2. The summed E-state index contributed by atoms with van der Waals surface area (Å²) < 4.78 is 23.9. The molecule has 5 fully saturated rings. The number of fused-ring (bicyclic) bond motifs is 7. The summed E-state index contributed by atoms with van der Waals surface area (Å²) in [7, 11) is 0. The van der Waals surface area contributed by atoms with Crippen molar-refractivity contribution in [3.05, 3.63) is 34.9 Å². The van der Waals surface area contributed by atoms with E-state index in [1.165, 1.54) is 0 Å². The van der Waals surface area contributed by atoms with Crippen LogP contribution in [0.4, 0.5) is 0 Å². The van der Waals surface area contributed by atoms with Gasteiger partial charge in [-0.3, -0.25) is 0 Å². The van der Waals surface area contributed by atoms with Crippen molar-refractivity contribution < 1.29 is 69.1 Å². The van der Waals surface area contributed by atoms with Gasteiger partial charge in [-0.25, -0.2) is 14.4 Å². The molecule has 60 heavy (non-hydrogen) atoms. The molecule has 0 aromatic rings. The topological polar surface area (TPSA) is 230 Å². The fraction of sp³-hybridized carbons (Fsp3) is 0.804. The Balaban J connectivity index is 1.31. The van der Waals surface area contributed by atoms with E-state index >= 15 is 0 Å². The standard InChI is InChI=1S/C46H70O14/c1-10-23(3)40(55)58-22-46-27(19-42(5,6)38(37(46)52)60-41(56)24(4)11-2)25-12-13-29-43(7,26(25)18-31(46)48)16-14-30-44(29,8)17-15-32(45(30,9)21-47)57-20-28-33(49)34(50)35(51)36(59-28)39(53)54/h10-12,26-38,47-52H,13-22H2,1-9H3,(H,53,54)/b23-10+,24-11+/t26-,27+,28+,29+,30-,31+,32+,33+,34-,35+,36+,37+,38+,43+,44-,45+,46+/m1/s1. The highest BCUT2D eigenvalue weighted by molar-refractivity contribution is 5.88. The fourth-order valence-electron chi connectivity index (χ4n) is 13.2. The highest BCUT2D eigenvalue weighted by Gasteiger charge is 2.70. The molecule has 17 atom stereocenters. The van der Waals surface area contributed by atoms with Gasteiger partial charge in [-0.1, -0.05) is 58.4 Å². The van der Waals surface area contributed by atoms with Gasteiger partial charge in [0.05, 0.1) is 30.8 Å². The molecule has 0 radical (unpaired) electrons. The average Bonchev–Trinajstić information content (AvgIpc) is 3.20. The Bertz CT molecular complexity index is 1750. The van der Waals surface area contributed by atoms with Crippen LogP contribution in [0, 0.1) is 50.7 Å². The molecule has 14 heteroatoms. The molecule has 0 amide bonds. The van der Waals surface area contributed by atoms with Crippen molar-refractivity contribution in [3.8, 4) is 0 Å². The largest absolute Gasteiger partial charge is 0.479 e. The highest BCUT2D eigenvalue weighted by atomic mass is 16.6. The SMILES string of the molecule is C/C=C(\C)C(=O)OC[C@@]12[C@@H](O)C[C@@H]3C(=CC[C@@H]4[C@@]5(C)CC[C@H](OC[C@@H]6O[C@H](C(=O)O)[C@@H](O)[C@H](O)[C@H]6O)[C@@](C)(CO)[C@@H]5CC[C@]43C)[C@@H]1CC(C)(C)[C@@H](OC(=O)/C(C)=C/C)[C@@H]2O. The molecule has 5 aliphatic carbocycles. The number of ether oxygens (including phenoxy) is 4. The Morgan fingerprint density at radius 3 is 2.10 bits per heavy atom. The van der Waals surface area contributed by atoms with E-state index in [9.17, 15) is 50.1 Å². The van der Waals surface area contributed by atoms with Crippen molar-refractivity contribution in [3.63, 3.8) is 0 Å². The van der Waals surface area contributed by atoms with Gasteiger partial charge in [-0.2, -0.15) is 0 Å². The molecule has 7 N–H and O–H groups in total. The van der Waals surface area contributed by atoms with Crippen LogP contribution in [0.3, 0.4) is 0 Å². The van der Waals surface area contributed by atoms with Gasteiger partial charge < -0.3 is 54.7 Å². The lowest BCUT2D eigenvalue weighted by Crippen LogP contribution is -2.70. The molecule has 0 unspecified atom stereocenters. The van der Waals surface area contributed by atoms with E-state index in [2.05, 4.69) is 19.9 Å². The summed E-state index contributed by atoms with van der Waals surface area (Å²) in [5.41, 5.74) is -1.39. The third-order valence-electron chi connectivity index (χ3n) is 17.0. The highest BCUT2D eigenvalue weighted by Crippen LogP contribution is 2.72. The third kappa shape index (κ3) is 7.32. The van der Waals surface area contributed by atoms with E-state index in [-0.39, 0.29) is 54.3 Å². The van der Waals surface area contributed by atoms with Crippen molar-refractivity contribution >= 4 is 17.9 Å². The maximum Gasteiger partial charge on any atom is 0.335 e. The fourth-order valence-corrected chi connectivity index (χ4v) is 13.2. The summed E-state index contributed by atoms with van der Waals surface area (Å²) in [5, 5.41) is 77.1. The summed E-state index contributed by atoms with van der Waals surface area (Å²) >= 11 is 0. The maximum absolute atomic E-state index is 13.2. The van der Waals surface area contributed by atoms with Crippen molar-refractivity contribution in [2.75, 3.05) is 19.8 Å².